The van der Waals surface area contributed by atoms with Crippen molar-refractivity contribution in [2.45, 2.75) is 6.54 Å². The second-order valence-electron chi connectivity index (χ2n) is 2.06. The molecule has 0 aromatic carbocycles. The van der Waals surface area contributed by atoms with Crippen LogP contribution in [-0.2, 0) is 11.3 Å². The monoisotopic (exact) mass is 156 g/mol. The van der Waals surface area contributed by atoms with Crippen LogP contribution in [0.25, 0.3) is 0 Å². The Morgan fingerprint density at radius 1 is 1.64 bits per heavy atom. The minimum atomic E-state index is -0.283. The van der Waals surface area contributed by atoms with Crippen molar-refractivity contribution in [3.05, 3.63) is 6.07 Å². The summed E-state index contributed by atoms with van der Waals surface area (Å²) in [5.74, 6) is -0.498. The Morgan fingerprint density at radius 2 is 2.27 bits per heavy atom. The largest absolute Gasteiger partial charge is 0.494 e. The number of carbonyl (C=O) groups is 1. The third-order valence-electron chi connectivity index (χ3n) is 1.33. The van der Waals surface area contributed by atoms with Gasteiger partial charge < -0.3 is 20.7 Å². The van der Waals surface area contributed by atoms with Crippen molar-refractivity contribution in [2.75, 3.05) is 5.73 Å². The number of aldehydes is 1. The smallest absolute Gasteiger partial charge is 0.218 e. The maximum absolute atomic E-state index is 10.0. The van der Waals surface area contributed by atoms with E-state index in [1.165, 1.54) is 6.07 Å². The van der Waals surface area contributed by atoms with E-state index in [4.69, 9.17) is 15.9 Å². The normalized spacial score (nSPS) is 9.82. The van der Waals surface area contributed by atoms with Gasteiger partial charge in [0, 0.05) is 6.07 Å². The first-order valence-corrected chi connectivity index (χ1v) is 2.97. The zero-order valence-electron chi connectivity index (χ0n) is 5.69. The molecule has 0 amide bonds. The Bertz CT molecular complexity index is 280. The van der Waals surface area contributed by atoms with Crippen LogP contribution in [0.2, 0.25) is 0 Å². The van der Waals surface area contributed by atoms with Crippen LogP contribution in [0.5, 0.6) is 11.8 Å². The van der Waals surface area contributed by atoms with E-state index >= 15 is 0 Å². The van der Waals surface area contributed by atoms with Gasteiger partial charge in [-0.2, -0.15) is 0 Å². The first kappa shape index (κ1) is 7.46. The Labute approximate surface area is 62.7 Å². The van der Waals surface area contributed by atoms with Crippen molar-refractivity contribution in [1.82, 2.24) is 4.57 Å². The third kappa shape index (κ3) is 1.12. The van der Waals surface area contributed by atoms with E-state index in [9.17, 15) is 4.79 Å². The molecule has 1 aromatic heterocycles. The minimum Gasteiger partial charge on any atom is -0.494 e. The number of anilines is 1. The number of rotatable bonds is 2. The predicted octanol–water partition coefficient (Wildman–Crippen LogP) is -0.320. The number of nitrogens with two attached hydrogens (primary N) is 1. The second-order valence-corrected chi connectivity index (χ2v) is 2.06. The van der Waals surface area contributed by atoms with Gasteiger partial charge in [0.2, 0.25) is 5.88 Å². The molecule has 0 spiro atoms. The maximum Gasteiger partial charge on any atom is 0.218 e. The van der Waals surface area contributed by atoms with Gasteiger partial charge in [-0.1, -0.05) is 0 Å². The summed E-state index contributed by atoms with van der Waals surface area (Å²) < 4.78 is 1.00. The van der Waals surface area contributed by atoms with Crippen molar-refractivity contribution < 1.29 is 15.0 Å². The van der Waals surface area contributed by atoms with E-state index in [1.54, 1.807) is 0 Å². The molecule has 0 unspecified atom stereocenters. The highest BCUT2D eigenvalue weighted by Gasteiger charge is 2.09. The summed E-state index contributed by atoms with van der Waals surface area (Å²) in [5, 5.41) is 18.1. The molecule has 5 heteroatoms. The third-order valence-corrected chi connectivity index (χ3v) is 1.33. The van der Waals surface area contributed by atoms with Crippen LogP contribution >= 0.6 is 0 Å². The molecule has 0 aliphatic rings. The first-order chi connectivity index (χ1) is 5.16. The quantitative estimate of drug-likeness (QED) is 0.512. The minimum absolute atomic E-state index is 0.0596. The van der Waals surface area contributed by atoms with E-state index in [0.29, 0.717) is 6.29 Å². The molecule has 0 fully saturated rings. The van der Waals surface area contributed by atoms with Crippen molar-refractivity contribution in [3.63, 3.8) is 0 Å². The van der Waals surface area contributed by atoms with E-state index < -0.39 is 0 Å². The highest BCUT2D eigenvalue weighted by atomic mass is 16.3. The van der Waals surface area contributed by atoms with Gasteiger partial charge in [-0.25, -0.2) is 0 Å². The molecule has 60 valence electrons. The standard InChI is InChI=1S/C6H8N2O3/c7-4-3-5(10)8(1-2-9)6(4)11/h2-3,10-11H,1,7H2. The van der Waals surface area contributed by atoms with E-state index in [0.717, 1.165) is 4.57 Å². The molecule has 1 heterocycles. The van der Waals surface area contributed by atoms with Crippen molar-refractivity contribution in [2.24, 2.45) is 0 Å². The van der Waals surface area contributed by atoms with Gasteiger partial charge in [0.15, 0.2) is 5.88 Å². The van der Waals surface area contributed by atoms with Crippen molar-refractivity contribution in [1.29, 1.82) is 0 Å². The summed E-state index contributed by atoms with van der Waals surface area (Å²) in [6.45, 7) is -0.102. The van der Waals surface area contributed by atoms with Crippen LogP contribution in [0.1, 0.15) is 0 Å². The molecule has 1 aromatic rings. The number of nitrogen functional groups attached to an aromatic ring is 1. The molecule has 0 aliphatic carbocycles. The summed E-state index contributed by atoms with van der Waals surface area (Å²) in [7, 11) is 0. The van der Waals surface area contributed by atoms with Gasteiger partial charge >= 0.3 is 0 Å². The van der Waals surface area contributed by atoms with Crippen LogP contribution in [0.15, 0.2) is 6.07 Å². The second kappa shape index (κ2) is 2.53. The van der Waals surface area contributed by atoms with Crippen LogP contribution in [-0.4, -0.2) is 21.1 Å². The molecule has 4 N–H and O–H groups in total. The molecule has 0 radical (unpaired) electrons. The van der Waals surface area contributed by atoms with Crippen LogP contribution in [0.4, 0.5) is 5.69 Å². The van der Waals surface area contributed by atoms with Crippen molar-refractivity contribution >= 4 is 12.0 Å². The van der Waals surface area contributed by atoms with Gasteiger partial charge in [0.1, 0.15) is 6.29 Å². The van der Waals surface area contributed by atoms with Gasteiger partial charge in [-0.15, -0.1) is 0 Å². The number of hydrogen-bond donors (Lipinski definition) is 3. The maximum atomic E-state index is 10.0. The Hall–Kier alpha value is -1.65. The number of aromatic nitrogens is 1. The summed E-state index contributed by atoms with van der Waals surface area (Å²) in [6, 6.07) is 1.18. The fraction of sp³-hybridized carbons (Fsp3) is 0.167. The van der Waals surface area contributed by atoms with Crippen LogP contribution in [0.3, 0.4) is 0 Å². The number of nitrogens with zero attached hydrogens (tertiary/aromatic N) is 1. The van der Waals surface area contributed by atoms with Crippen LogP contribution < -0.4 is 5.73 Å². The number of aromatic hydroxyl groups is 2. The zero-order valence-corrected chi connectivity index (χ0v) is 5.69. The Morgan fingerprint density at radius 3 is 2.64 bits per heavy atom. The Balaban J connectivity index is 3.11. The molecule has 0 saturated carbocycles. The molecule has 0 atom stereocenters. The highest BCUT2D eigenvalue weighted by Crippen LogP contribution is 2.28. The SMILES string of the molecule is Nc1cc(O)n(CC=O)c1O. The lowest BCUT2D eigenvalue weighted by molar-refractivity contribution is -0.108. The summed E-state index contributed by atoms with van der Waals surface area (Å²) in [4.78, 5) is 10.0. The lowest BCUT2D eigenvalue weighted by Crippen LogP contribution is -1.97. The molecule has 0 aliphatic heterocycles. The topological polar surface area (TPSA) is 88.5 Å². The molecular formula is C6H8N2O3. The highest BCUT2D eigenvalue weighted by molar-refractivity contribution is 5.57. The van der Waals surface area contributed by atoms with E-state index in [-0.39, 0.29) is 24.0 Å². The fourth-order valence-electron chi connectivity index (χ4n) is 0.800. The fourth-order valence-corrected chi connectivity index (χ4v) is 0.800. The predicted molar refractivity (Wildman–Crippen MR) is 38.2 cm³/mol. The van der Waals surface area contributed by atoms with Gasteiger partial charge in [-0.05, 0) is 0 Å². The Kier molecular flexibility index (Phi) is 1.72. The lowest BCUT2D eigenvalue weighted by atomic mass is 10.5. The lowest BCUT2D eigenvalue weighted by Gasteiger charge is -1.99. The summed E-state index contributed by atoms with van der Waals surface area (Å²) >= 11 is 0. The first-order valence-electron chi connectivity index (χ1n) is 2.97. The van der Waals surface area contributed by atoms with Gasteiger partial charge in [-0.3, -0.25) is 4.57 Å². The number of hydrogen-bond acceptors (Lipinski definition) is 4. The van der Waals surface area contributed by atoms with Crippen LogP contribution in [0, 0.1) is 0 Å². The number of carbonyl (C=O) groups excluding carboxylic acids is 1. The van der Waals surface area contributed by atoms with E-state index in [1.807, 2.05) is 0 Å². The average molecular weight is 156 g/mol. The molecule has 5 nitrogen and oxygen atoms in total. The van der Waals surface area contributed by atoms with E-state index in [2.05, 4.69) is 0 Å². The molecule has 11 heavy (non-hydrogen) atoms. The van der Waals surface area contributed by atoms with Gasteiger partial charge in [0.05, 0.1) is 12.2 Å². The zero-order chi connectivity index (χ0) is 8.43. The molecular weight excluding hydrogens is 148 g/mol. The summed E-state index contributed by atoms with van der Waals surface area (Å²) in [6.07, 6.45) is 0.554. The molecule has 0 bridgehead atoms. The van der Waals surface area contributed by atoms with Gasteiger partial charge in [0.25, 0.3) is 0 Å². The molecule has 0 saturated heterocycles. The van der Waals surface area contributed by atoms with Crippen molar-refractivity contribution in [3.8, 4) is 11.8 Å². The average Bonchev–Trinajstić information content (AvgIpc) is 2.17. The molecule has 1 rings (SSSR count). The summed E-state index contributed by atoms with van der Waals surface area (Å²) in [5.41, 5.74) is 5.28.